The minimum absolute atomic E-state index is 0.434. The maximum Gasteiger partial charge on any atom is 0.150 e. The molecule has 0 heterocycles. The maximum atomic E-state index is 13.1. The van der Waals surface area contributed by atoms with Crippen molar-refractivity contribution in [3.63, 3.8) is 0 Å². The highest BCUT2D eigenvalue weighted by atomic mass is 19.1. The zero-order valence-corrected chi connectivity index (χ0v) is 9.21. The van der Waals surface area contributed by atoms with Gasteiger partial charge in [-0.2, -0.15) is 0 Å². The second-order valence-electron chi connectivity index (χ2n) is 3.85. The quantitative estimate of drug-likeness (QED) is 0.720. The van der Waals surface area contributed by atoms with E-state index in [1.165, 1.54) is 12.1 Å². The lowest BCUT2D eigenvalue weighted by Gasteiger charge is -2.07. The summed E-state index contributed by atoms with van der Waals surface area (Å²) in [5.74, 6) is -1.26. The lowest BCUT2D eigenvalue weighted by Crippen LogP contribution is -1.89. The summed E-state index contributed by atoms with van der Waals surface area (Å²) in [6, 6.07) is 8.36. The van der Waals surface area contributed by atoms with Gasteiger partial charge in [0.1, 0.15) is 17.9 Å². The Bertz CT molecular complexity index is 556. The molecule has 3 heteroatoms. The van der Waals surface area contributed by atoms with Crippen LogP contribution in [0, 0.1) is 18.6 Å². The fourth-order valence-electron chi connectivity index (χ4n) is 1.73. The van der Waals surface area contributed by atoms with Crippen LogP contribution in [0.15, 0.2) is 36.4 Å². The average Bonchev–Trinajstić information content (AvgIpc) is 2.28. The lowest BCUT2D eigenvalue weighted by atomic mass is 9.98. The van der Waals surface area contributed by atoms with Crippen molar-refractivity contribution < 1.29 is 13.6 Å². The Hall–Kier alpha value is -2.03. The molecule has 17 heavy (non-hydrogen) atoms. The third-order valence-electron chi connectivity index (χ3n) is 2.57. The third kappa shape index (κ3) is 2.38. The normalized spacial score (nSPS) is 10.3. The van der Waals surface area contributed by atoms with Gasteiger partial charge in [0.2, 0.25) is 0 Å². The fourth-order valence-corrected chi connectivity index (χ4v) is 1.73. The summed E-state index contributed by atoms with van der Waals surface area (Å²) in [5, 5.41) is 0. The summed E-state index contributed by atoms with van der Waals surface area (Å²) in [7, 11) is 0. The molecule has 0 bridgehead atoms. The summed E-state index contributed by atoms with van der Waals surface area (Å²) in [5.41, 5.74) is 2.44. The Balaban J connectivity index is 2.62. The van der Waals surface area contributed by atoms with E-state index in [0.29, 0.717) is 23.0 Å². The van der Waals surface area contributed by atoms with E-state index >= 15 is 0 Å². The molecule has 0 aliphatic rings. The first kappa shape index (κ1) is 11.5. The van der Waals surface area contributed by atoms with E-state index in [4.69, 9.17) is 0 Å². The molecule has 0 amide bonds. The van der Waals surface area contributed by atoms with Gasteiger partial charge in [0.15, 0.2) is 0 Å². The fraction of sp³-hybridized carbons (Fsp3) is 0.0714. The van der Waals surface area contributed by atoms with Crippen LogP contribution in [0.2, 0.25) is 0 Å². The first-order chi connectivity index (χ1) is 8.10. The van der Waals surface area contributed by atoms with Crippen LogP contribution in [0.25, 0.3) is 11.1 Å². The van der Waals surface area contributed by atoms with Gasteiger partial charge in [0, 0.05) is 11.6 Å². The number of rotatable bonds is 2. The van der Waals surface area contributed by atoms with Gasteiger partial charge in [0.05, 0.1) is 0 Å². The molecule has 0 spiro atoms. The van der Waals surface area contributed by atoms with Crippen molar-refractivity contribution in [2.45, 2.75) is 6.92 Å². The number of aryl methyl sites for hydroxylation is 1. The number of benzene rings is 2. The van der Waals surface area contributed by atoms with Crippen LogP contribution in [0.3, 0.4) is 0 Å². The summed E-state index contributed by atoms with van der Waals surface area (Å²) >= 11 is 0. The number of aldehydes is 1. The number of hydrogen-bond donors (Lipinski definition) is 0. The van der Waals surface area contributed by atoms with Crippen molar-refractivity contribution in [1.29, 1.82) is 0 Å². The topological polar surface area (TPSA) is 17.1 Å². The Morgan fingerprint density at radius 3 is 2.24 bits per heavy atom. The zero-order valence-electron chi connectivity index (χ0n) is 9.21. The molecule has 0 aliphatic carbocycles. The van der Waals surface area contributed by atoms with E-state index in [0.717, 1.165) is 11.6 Å². The molecule has 0 saturated carbocycles. The molecule has 2 aromatic carbocycles. The molecule has 0 saturated heterocycles. The van der Waals surface area contributed by atoms with Gasteiger partial charge in [-0.3, -0.25) is 4.79 Å². The Labute approximate surface area is 97.7 Å². The second-order valence-corrected chi connectivity index (χ2v) is 3.85. The van der Waals surface area contributed by atoms with Crippen molar-refractivity contribution in [1.82, 2.24) is 0 Å². The molecule has 1 nitrogen and oxygen atoms in total. The van der Waals surface area contributed by atoms with Crippen LogP contribution in [0.1, 0.15) is 15.9 Å². The smallest absolute Gasteiger partial charge is 0.150 e. The van der Waals surface area contributed by atoms with Gasteiger partial charge in [-0.15, -0.1) is 0 Å². The first-order valence-corrected chi connectivity index (χ1v) is 5.12. The van der Waals surface area contributed by atoms with Crippen molar-refractivity contribution in [2.24, 2.45) is 0 Å². The molecular weight excluding hydrogens is 222 g/mol. The van der Waals surface area contributed by atoms with E-state index < -0.39 is 11.6 Å². The molecule has 0 atom stereocenters. The predicted molar refractivity (Wildman–Crippen MR) is 61.9 cm³/mol. The van der Waals surface area contributed by atoms with E-state index in [9.17, 15) is 13.6 Å². The summed E-state index contributed by atoms with van der Waals surface area (Å²) in [6.45, 7) is 1.83. The molecule has 86 valence electrons. The molecule has 0 N–H and O–H groups in total. The van der Waals surface area contributed by atoms with E-state index in [1.54, 1.807) is 18.2 Å². The Morgan fingerprint density at radius 1 is 1.00 bits per heavy atom. The van der Waals surface area contributed by atoms with E-state index in [1.807, 2.05) is 6.92 Å². The Morgan fingerprint density at radius 2 is 1.65 bits per heavy atom. The molecule has 0 aliphatic heterocycles. The van der Waals surface area contributed by atoms with Crippen LogP contribution < -0.4 is 0 Å². The van der Waals surface area contributed by atoms with Gasteiger partial charge in [-0.25, -0.2) is 8.78 Å². The zero-order chi connectivity index (χ0) is 12.4. The van der Waals surface area contributed by atoms with Crippen LogP contribution in [-0.2, 0) is 0 Å². The standard InChI is InChI=1S/C14H10F2O/c1-9-2-3-10(8-17)4-14(9)11-5-12(15)7-13(16)6-11/h2-8H,1H3. The number of hydrogen-bond acceptors (Lipinski definition) is 1. The Kier molecular flexibility index (Phi) is 3.00. The summed E-state index contributed by atoms with van der Waals surface area (Å²) < 4.78 is 26.2. The first-order valence-electron chi connectivity index (χ1n) is 5.12. The van der Waals surface area contributed by atoms with Crippen molar-refractivity contribution in [3.05, 3.63) is 59.2 Å². The molecule has 0 unspecified atom stereocenters. The monoisotopic (exact) mass is 232 g/mol. The maximum absolute atomic E-state index is 13.1. The number of carbonyl (C=O) groups excluding carboxylic acids is 1. The van der Waals surface area contributed by atoms with Crippen molar-refractivity contribution in [2.75, 3.05) is 0 Å². The van der Waals surface area contributed by atoms with Gasteiger partial charge in [0.25, 0.3) is 0 Å². The molecular formula is C14H10F2O. The predicted octanol–water partition coefficient (Wildman–Crippen LogP) is 3.75. The lowest BCUT2D eigenvalue weighted by molar-refractivity contribution is 0.112. The summed E-state index contributed by atoms with van der Waals surface area (Å²) in [4.78, 5) is 10.7. The van der Waals surface area contributed by atoms with Crippen LogP contribution in [0.5, 0.6) is 0 Å². The van der Waals surface area contributed by atoms with Gasteiger partial charge >= 0.3 is 0 Å². The second kappa shape index (κ2) is 4.45. The third-order valence-corrected chi connectivity index (χ3v) is 2.57. The molecule has 2 aromatic rings. The minimum atomic E-state index is -0.629. The van der Waals surface area contributed by atoms with Crippen molar-refractivity contribution in [3.8, 4) is 11.1 Å². The van der Waals surface area contributed by atoms with Gasteiger partial charge < -0.3 is 0 Å². The van der Waals surface area contributed by atoms with Gasteiger partial charge in [-0.05, 0) is 41.8 Å². The van der Waals surface area contributed by atoms with Crippen molar-refractivity contribution >= 4 is 6.29 Å². The van der Waals surface area contributed by atoms with E-state index in [2.05, 4.69) is 0 Å². The van der Waals surface area contributed by atoms with Crippen LogP contribution in [0.4, 0.5) is 8.78 Å². The van der Waals surface area contributed by atoms with Crippen LogP contribution in [-0.4, -0.2) is 6.29 Å². The minimum Gasteiger partial charge on any atom is -0.298 e. The molecule has 0 fully saturated rings. The largest absolute Gasteiger partial charge is 0.298 e. The number of halogens is 2. The summed E-state index contributed by atoms with van der Waals surface area (Å²) in [6.07, 6.45) is 0.707. The molecule has 2 rings (SSSR count). The highest BCUT2D eigenvalue weighted by molar-refractivity contribution is 5.80. The molecule has 0 aromatic heterocycles. The SMILES string of the molecule is Cc1ccc(C=O)cc1-c1cc(F)cc(F)c1. The average molecular weight is 232 g/mol. The highest BCUT2D eigenvalue weighted by Crippen LogP contribution is 2.25. The van der Waals surface area contributed by atoms with E-state index in [-0.39, 0.29) is 0 Å². The van der Waals surface area contributed by atoms with Crippen LogP contribution >= 0.6 is 0 Å². The van der Waals surface area contributed by atoms with Gasteiger partial charge in [-0.1, -0.05) is 12.1 Å². The highest BCUT2D eigenvalue weighted by Gasteiger charge is 2.06. The molecule has 0 radical (unpaired) electrons. The number of carbonyl (C=O) groups is 1.